The minimum atomic E-state index is -1.64. The van der Waals surface area contributed by atoms with Gasteiger partial charge in [-0.05, 0) is 43.9 Å². The molecule has 0 radical (unpaired) electrons. The summed E-state index contributed by atoms with van der Waals surface area (Å²) >= 11 is 0. The van der Waals surface area contributed by atoms with Gasteiger partial charge in [0.05, 0.1) is 38.4 Å². The maximum absolute atomic E-state index is 13.1. The number of piperidine rings is 1. The summed E-state index contributed by atoms with van der Waals surface area (Å²) in [6.07, 6.45) is 13.4. The number of aliphatic hydroxyl groups is 2. The van der Waals surface area contributed by atoms with Gasteiger partial charge in [0.1, 0.15) is 5.60 Å². The molecule has 9 heteroatoms. The van der Waals surface area contributed by atoms with Crippen molar-refractivity contribution in [3.8, 4) is 0 Å². The summed E-state index contributed by atoms with van der Waals surface area (Å²) in [7, 11) is 1.74. The molecular weight excluding hydrogens is 508 g/mol. The van der Waals surface area contributed by atoms with Crippen LogP contribution in [0.3, 0.4) is 0 Å². The third kappa shape index (κ3) is 3.57. The van der Waals surface area contributed by atoms with Crippen LogP contribution in [-0.2, 0) is 9.53 Å². The second-order valence-corrected chi connectivity index (χ2v) is 13.6. The number of hydrogen-bond acceptors (Lipinski definition) is 7. The number of carboxylic acid groups (broad SMARTS) is 1. The van der Waals surface area contributed by atoms with Gasteiger partial charge in [-0.3, -0.25) is 4.90 Å². The molecule has 9 nitrogen and oxygen atoms in total. The molecule has 1 unspecified atom stereocenters. The molecule has 1 heterocycles. The molecule has 3 saturated carbocycles. The van der Waals surface area contributed by atoms with Gasteiger partial charge >= 0.3 is 0 Å². The van der Waals surface area contributed by atoms with Crippen molar-refractivity contribution in [1.29, 1.82) is 0 Å². The second kappa shape index (κ2) is 10.2. The third-order valence-electron chi connectivity index (χ3n) is 12.3. The summed E-state index contributed by atoms with van der Waals surface area (Å²) < 4.78 is 6.40. The first-order valence-electron chi connectivity index (χ1n) is 15.6. The average molecular weight is 557 g/mol. The van der Waals surface area contributed by atoms with Gasteiger partial charge < -0.3 is 35.9 Å². The van der Waals surface area contributed by atoms with Crippen LogP contribution in [0.4, 0.5) is 0 Å². The topological polar surface area (TPSA) is 145 Å². The van der Waals surface area contributed by atoms with Crippen molar-refractivity contribution in [2.75, 3.05) is 46.4 Å². The zero-order valence-electron chi connectivity index (χ0n) is 24.2. The summed E-state index contributed by atoms with van der Waals surface area (Å²) in [6.45, 7) is 5.10. The lowest BCUT2D eigenvalue weighted by molar-refractivity contribution is -0.831. The van der Waals surface area contributed by atoms with Crippen LogP contribution in [0.25, 0.3) is 0 Å². The quantitative estimate of drug-likeness (QED) is 0.118. The molecule has 0 aromatic heterocycles. The standard InChI is InChI=1S/C31H48N4O5/c1-20-8-9-21-16-23-25(26(37)38)29(39,19-40-22-6-4-3-5-7-22)24-10-11-28(17-34-13-15-36)12-14-35(27(32)33-2)18-30(21,28)31(20,23)24/h10-11,20-22,24,34,36,39H,3-9,12-19H2,1-2H3,(H2,32,33)(H,37,38)/t20-,21-,24-,28-,29+,30-,31+/m1/s1. The first kappa shape index (κ1) is 28.3. The molecule has 6 N–H and O–H groups in total. The van der Waals surface area contributed by atoms with Crippen LogP contribution in [0, 0.1) is 34.0 Å². The Morgan fingerprint density at radius 1 is 1.27 bits per heavy atom. The molecular formula is C31H48N4O5. The van der Waals surface area contributed by atoms with Gasteiger partial charge in [0.2, 0.25) is 0 Å². The van der Waals surface area contributed by atoms with Gasteiger partial charge in [-0.25, -0.2) is 4.99 Å². The number of quaternary nitrogens is 1. The number of ether oxygens (including phenoxy) is 1. The number of aliphatic hydroxyl groups excluding tert-OH is 1. The maximum Gasteiger partial charge on any atom is 0.293 e. The van der Waals surface area contributed by atoms with Gasteiger partial charge in [0, 0.05) is 54.3 Å². The number of allylic oxidation sites excluding steroid dienone is 1. The van der Waals surface area contributed by atoms with E-state index in [0.717, 1.165) is 68.5 Å². The number of hydrogen-bond donors (Lipinski definition) is 5. The van der Waals surface area contributed by atoms with Crippen molar-refractivity contribution in [2.45, 2.75) is 76.4 Å². The van der Waals surface area contributed by atoms with Crippen LogP contribution in [0.1, 0.15) is 64.7 Å². The predicted octanol–water partition coefficient (Wildman–Crippen LogP) is -0.463. The van der Waals surface area contributed by atoms with Crippen molar-refractivity contribution in [3.63, 3.8) is 0 Å². The molecule has 0 aromatic carbocycles. The van der Waals surface area contributed by atoms with Crippen LogP contribution in [0.15, 0.2) is 28.3 Å². The van der Waals surface area contributed by atoms with E-state index >= 15 is 0 Å². The van der Waals surface area contributed by atoms with Gasteiger partial charge in [-0.1, -0.05) is 43.9 Å². The number of carboxylic acids is 1. The normalized spacial score (nSPS) is 44.5. The number of carbonyl (C=O) groups excluding carboxylic acids is 1. The number of nitrogens with zero attached hydrogens (tertiary/aromatic N) is 1. The predicted molar refractivity (Wildman–Crippen MR) is 149 cm³/mol. The Kier molecular flexibility index (Phi) is 7.22. The lowest BCUT2D eigenvalue weighted by atomic mass is 9.36. The second-order valence-electron chi connectivity index (χ2n) is 13.6. The first-order chi connectivity index (χ1) is 19.2. The van der Waals surface area contributed by atoms with E-state index in [1.54, 1.807) is 7.05 Å². The molecule has 40 heavy (non-hydrogen) atoms. The Balaban J connectivity index is 1.53. The molecule has 1 aliphatic heterocycles. The monoisotopic (exact) mass is 556 g/mol. The van der Waals surface area contributed by atoms with Crippen molar-refractivity contribution in [2.24, 2.45) is 44.7 Å². The average Bonchev–Trinajstić information content (AvgIpc) is 3.30. The van der Waals surface area contributed by atoms with Crippen LogP contribution < -0.4 is 21.1 Å². The summed E-state index contributed by atoms with van der Waals surface area (Å²) in [4.78, 5) is 18.6. The highest BCUT2D eigenvalue weighted by molar-refractivity contribution is 5.91. The van der Waals surface area contributed by atoms with E-state index in [4.69, 9.17) is 10.5 Å². The SMILES string of the molecule is CN=C(N)[NH+]1CC[C@@]2(CNCCO)C=C[C@H]3[C@@]45C(=C(C(=O)[O-])[C@]3(O)COC3CCCCC3)C[C@@H](CC[C@H]4C)[C@]25C1. The van der Waals surface area contributed by atoms with E-state index in [2.05, 4.69) is 29.4 Å². The van der Waals surface area contributed by atoms with E-state index < -0.39 is 22.9 Å². The van der Waals surface area contributed by atoms with Gasteiger partial charge in [-0.15, -0.1) is 0 Å². The van der Waals surface area contributed by atoms with Crippen LogP contribution >= 0.6 is 0 Å². The molecule has 8 atom stereocenters. The maximum atomic E-state index is 13.1. The fourth-order valence-corrected chi connectivity index (χ4v) is 11.0. The zero-order chi connectivity index (χ0) is 28.3. The Morgan fingerprint density at radius 2 is 2.05 bits per heavy atom. The number of nitrogens with two attached hydrogens (primary N) is 1. The highest BCUT2D eigenvalue weighted by atomic mass is 16.5. The number of aliphatic imine (C=N–C) groups is 1. The number of nitrogens with one attached hydrogen (secondary N) is 2. The van der Waals surface area contributed by atoms with Crippen molar-refractivity contribution in [1.82, 2.24) is 5.32 Å². The lowest BCUT2D eigenvalue weighted by Gasteiger charge is -2.68. The minimum absolute atomic E-state index is 0.0143. The van der Waals surface area contributed by atoms with E-state index in [1.165, 1.54) is 6.42 Å². The Morgan fingerprint density at radius 3 is 2.75 bits per heavy atom. The fraction of sp³-hybridized carbons (Fsp3) is 0.806. The smallest absolute Gasteiger partial charge is 0.293 e. The molecule has 2 spiro atoms. The fourth-order valence-electron chi connectivity index (χ4n) is 11.0. The highest BCUT2D eigenvalue weighted by Crippen LogP contribution is 2.82. The molecule has 0 amide bonds. The third-order valence-corrected chi connectivity index (χ3v) is 12.3. The van der Waals surface area contributed by atoms with Gasteiger partial charge in [-0.2, -0.15) is 0 Å². The van der Waals surface area contributed by atoms with E-state index in [0.29, 0.717) is 25.5 Å². The Bertz CT molecular complexity index is 1120. The largest absolute Gasteiger partial charge is 0.545 e. The molecule has 1 saturated heterocycles. The number of guanidine groups is 1. The summed E-state index contributed by atoms with van der Waals surface area (Å²) in [5.41, 5.74) is 4.74. The molecule has 6 rings (SSSR count). The number of aliphatic carboxylic acids is 1. The highest BCUT2D eigenvalue weighted by Gasteiger charge is 2.83. The Labute approximate surface area is 237 Å². The van der Waals surface area contributed by atoms with Crippen molar-refractivity contribution < 1.29 is 29.8 Å². The van der Waals surface area contributed by atoms with Gasteiger partial charge in [0.15, 0.2) is 0 Å². The summed E-state index contributed by atoms with van der Waals surface area (Å²) in [6, 6.07) is 0. The lowest BCUT2D eigenvalue weighted by Crippen LogP contribution is -3.19. The molecule has 0 aromatic rings. The van der Waals surface area contributed by atoms with E-state index in [-0.39, 0.29) is 47.6 Å². The molecule has 4 fully saturated rings. The first-order valence-corrected chi connectivity index (χ1v) is 15.6. The minimum Gasteiger partial charge on any atom is -0.545 e. The summed E-state index contributed by atoms with van der Waals surface area (Å²) in [5.74, 6) is -0.635. The van der Waals surface area contributed by atoms with Gasteiger partial charge in [0.25, 0.3) is 5.96 Å². The molecule has 2 bridgehead atoms. The van der Waals surface area contributed by atoms with Crippen LogP contribution in [0.5, 0.6) is 0 Å². The molecule has 222 valence electrons. The van der Waals surface area contributed by atoms with E-state index in [1.807, 2.05) is 0 Å². The number of carbonyl (C=O) groups is 1. The van der Waals surface area contributed by atoms with Crippen LogP contribution in [0.2, 0.25) is 0 Å². The number of likely N-dealkylation sites (tertiary alicyclic amines) is 1. The molecule has 5 aliphatic carbocycles. The zero-order valence-corrected chi connectivity index (χ0v) is 24.2. The summed E-state index contributed by atoms with van der Waals surface area (Å²) in [5, 5.41) is 38.8. The van der Waals surface area contributed by atoms with Crippen molar-refractivity contribution in [3.05, 3.63) is 23.3 Å². The Hall–Kier alpha value is -1.78. The van der Waals surface area contributed by atoms with E-state index in [9.17, 15) is 20.1 Å². The molecule has 6 aliphatic rings. The van der Waals surface area contributed by atoms with Crippen LogP contribution in [-0.4, -0.2) is 80.3 Å². The number of rotatable bonds is 8. The van der Waals surface area contributed by atoms with Crippen molar-refractivity contribution >= 4 is 11.9 Å².